The van der Waals surface area contributed by atoms with Gasteiger partial charge in [-0.1, -0.05) is 30.3 Å². The van der Waals surface area contributed by atoms with Crippen molar-refractivity contribution in [2.75, 3.05) is 11.5 Å². The molecule has 2 N–H and O–H groups in total. The number of aliphatic hydroxyl groups is 1. The zero-order valence-electron chi connectivity index (χ0n) is 11.1. The van der Waals surface area contributed by atoms with Crippen molar-refractivity contribution < 1.29 is 13.5 Å². The molecule has 5 heteroatoms. The first kappa shape index (κ1) is 14.5. The van der Waals surface area contributed by atoms with Gasteiger partial charge in [-0.3, -0.25) is 0 Å². The molecule has 0 bridgehead atoms. The molecule has 1 aliphatic rings. The van der Waals surface area contributed by atoms with E-state index in [2.05, 4.69) is 17.4 Å². The maximum absolute atomic E-state index is 11.4. The van der Waals surface area contributed by atoms with Gasteiger partial charge in [0.05, 0.1) is 17.6 Å². The summed E-state index contributed by atoms with van der Waals surface area (Å²) in [5.74, 6) is -0.0695. The minimum Gasteiger partial charge on any atom is -0.390 e. The highest BCUT2D eigenvalue weighted by Gasteiger charge is 2.36. The lowest BCUT2D eigenvalue weighted by Gasteiger charge is -2.21. The van der Waals surface area contributed by atoms with E-state index in [0.717, 1.165) is 12.8 Å². The van der Waals surface area contributed by atoms with Gasteiger partial charge >= 0.3 is 0 Å². The zero-order valence-corrected chi connectivity index (χ0v) is 11.9. The summed E-state index contributed by atoms with van der Waals surface area (Å²) in [7, 11) is -3.07. The number of benzene rings is 1. The lowest BCUT2D eigenvalue weighted by atomic mass is 10.1. The second kappa shape index (κ2) is 6.03. The van der Waals surface area contributed by atoms with Crippen molar-refractivity contribution in [3.05, 3.63) is 35.9 Å². The summed E-state index contributed by atoms with van der Waals surface area (Å²) in [6, 6.07) is 10.1. The Kier molecular flexibility index (Phi) is 4.60. The molecule has 0 radical (unpaired) electrons. The molecule has 0 saturated carbocycles. The molecule has 1 heterocycles. The van der Waals surface area contributed by atoms with Crippen LogP contribution < -0.4 is 5.32 Å². The van der Waals surface area contributed by atoms with Gasteiger partial charge in [0.25, 0.3) is 0 Å². The summed E-state index contributed by atoms with van der Waals surface area (Å²) < 4.78 is 22.8. The monoisotopic (exact) mass is 283 g/mol. The third-order valence-corrected chi connectivity index (χ3v) is 5.25. The molecule has 1 aromatic carbocycles. The number of aliphatic hydroxyl groups excluding tert-OH is 1. The number of sulfone groups is 1. The van der Waals surface area contributed by atoms with Crippen LogP contribution in [0.1, 0.15) is 18.9 Å². The Labute approximate surface area is 114 Å². The van der Waals surface area contributed by atoms with E-state index in [9.17, 15) is 13.5 Å². The largest absolute Gasteiger partial charge is 0.390 e. The van der Waals surface area contributed by atoms with Crippen molar-refractivity contribution in [1.29, 1.82) is 0 Å². The zero-order chi connectivity index (χ0) is 13.9. The summed E-state index contributed by atoms with van der Waals surface area (Å²) in [5.41, 5.74) is 1.27. The smallest absolute Gasteiger partial charge is 0.154 e. The highest BCUT2D eigenvalue weighted by atomic mass is 32.2. The van der Waals surface area contributed by atoms with Crippen LogP contribution in [-0.2, 0) is 16.3 Å². The molecule has 106 valence electrons. The van der Waals surface area contributed by atoms with E-state index >= 15 is 0 Å². The van der Waals surface area contributed by atoms with E-state index in [-0.39, 0.29) is 23.6 Å². The first-order chi connectivity index (χ1) is 8.96. The first-order valence-corrected chi connectivity index (χ1v) is 8.47. The Morgan fingerprint density at radius 1 is 1.32 bits per heavy atom. The maximum atomic E-state index is 11.4. The summed E-state index contributed by atoms with van der Waals surface area (Å²) in [6.07, 6.45) is 1.10. The van der Waals surface area contributed by atoms with Gasteiger partial charge in [-0.25, -0.2) is 8.42 Å². The topological polar surface area (TPSA) is 66.4 Å². The van der Waals surface area contributed by atoms with E-state index in [1.54, 1.807) is 0 Å². The second-order valence-corrected chi connectivity index (χ2v) is 7.50. The van der Waals surface area contributed by atoms with Gasteiger partial charge in [0.2, 0.25) is 0 Å². The van der Waals surface area contributed by atoms with Crippen LogP contribution in [0.5, 0.6) is 0 Å². The molecule has 1 saturated heterocycles. The third-order valence-electron chi connectivity index (χ3n) is 3.53. The molecule has 0 aliphatic carbocycles. The number of rotatable bonds is 5. The molecule has 1 aliphatic heterocycles. The molecule has 0 aromatic heterocycles. The Balaban J connectivity index is 1.80. The van der Waals surface area contributed by atoms with Crippen molar-refractivity contribution >= 4 is 9.84 Å². The Morgan fingerprint density at radius 2 is 2.00 bits per heavy atom. The molecule has 1 fully saturated rings. The molecule has 3 unspecified atom stereocenters. The SMILES string of the molecule is CC(CCc1ccccc1)NC1CS(=O)(=O)CC1O. The van der Waals surface area contributed by atoms with Gasteiger partial charge in [0, 0.05) is 12.1 Å². The van der Waals surface area contributed by atoms with E-state index in [0.29, 0.717) is 0 Å². The van der Waals surface area contributed by atoms with Crippen molar-refractivity contribution in [2.24, 2.45) is 0 Å². The summed E-state index contributed by atoms with van der Waals surface area (Å²) in [5, 5.41) is 12.9. The molecule has 3 atom stereocenters. The first-order valence-electron chi connectivity index (χ1n) is 6.65. The van der Waals surface area contributed by atoms with Crippen LogP contribution in [0.4, 0.5) is 0 Å². The average molecular weight is 283 g/mol. The van der Waals surface area contributed by atoms with Crippen LogP contribution in [0.2, 0.25) is 0 Å². The van der Waals surface area contributed by atoms with Crippen molar-refractivity contribution in [1.82, 2.24) is 5.32 Å². The van der Waals surface area contributed by atoms with Crippen molar-refractivity contribution in [3.63, 3.8) is 0 Å². The van der Waals surface area contributed by atoms with Gasteiger partial charge in [-0.2, -0.15) is 0 Å². The normalized spacial score (nSPS) is 27.3. The molecule has 4 nitrogen and oxygen atoms in total. The predicted octanol–water partition coefficient (Wildman–Crippen LogP) is 0.755. The standard InChI is InChI=1S/C14H21NO3S/c1-11(7-8-12-5-3-2-4-6-12)15-13-9-19(17,18)10-14(13)16/h2-6,11,13-16H,7-10H2,1H3. The fraction of sp³-hybridized carbons (Fsp3) is 0.571. The van der Waals surface area contributed by atoms with Crippen LogP contribution in [-0.4, -0.2) is 43.2 Å². The fourth-order valence-electron chi connectivity index (χ4n) is 2.46. The minimum atomic E-state index is -3.07. The molecule has 19 heavy (non-hydrogen) atoms. The van der Waals surface area contributed by atoms with Gasteiger partial charge in [0.1, 0.15) is 0 Å². The number of nitrogens with one attached hydrogen (secondary N) is 1. The summed E-state index contributed by atoms with van der Waals surface area (Å²) in [6.45, 7) is 2.03. The molecule has 2 rings (SSSR count). The Morgan fingerprint density at radius 3 is 2.58 bits per heavy atom. The second-order valence-electron chi connectivity index (χ2n) is 5.34. The van der Waals surface area contributed by atoms with E-state index in [1.165, 1.54) is 5.56 Å². The van der Waals surface area contributed by atoms with Crippen molar-refractivity contribution in [3.8, 4) is 0 Å². The number of hydrogen-bond donors (Lipinski definition) is 2. The van der Waals surface area contributed by atoms with Crippen LogP contribution in [0.3, 0.4) is 0 Å². The fourth-order valence-corrected chi connectivity index (χ4v) is 4.22. The number of hydrogen-bond acceptors (Lipinski definition) is 4. The predicted molar refractivity (Wildman–Crippen MR) is 75.8 cm³/mol. The highest BCUT2D eigenvalue weighted by molar-refractivity contribution is 7.91. The van der Waals surface area contributed by atoms with Crippen LogP contribution in [0.15, 0.2) is 30.3 Å². The van der Waals surface area contributed by atoms with Crippen LogP contribution in [0, 0.1) is 0 Å². The van der Waals surface area contributed by atoms with Crippen LogP contribution >= 0.6 is 0 Å². The van der Waals surface area contributed by atoms with Gasteiger partial charge in [0.15, 0.2) is 9.84 Å². The third kappa shape index (κ3) is 4.30. The number of aryl methyl sites for hydroxylation is 1. The van der Waals surface area contributed by atoms with Crippen LogP contribution in [0.25, 0.3) is 0 Å². The average Bonchev–Trinajstić information content (AvgIpc) is 2.61. The molecule has 0 amide bonds. The summed E-state index contributed by atoms with van der Waals surface area (Å²) in [4.78, 5) is 0. The Bertz CT molecular complexity index is 501. The Hall–Kier alpha value is -0.910. The lowest BCUT2D eigenvalue weighted by Crippen LogP contribution is -2.44. The van der Waals surface area contributed by atoms with Crippen molar-refractivity contribution in [2.45, 2.75) is 38.0 Å². The quantitative estimate of drug-likeness (QED) is 0.837. The molecule has 0 spiro atoms. The van der Waals surface area contributed by atoms with Gasteiger partial charge < -0.3 is 10.4 Å². The minimum absolute atomic E-state index is 0.0455. The lowest BCUT2D eigenvalue weighted by molar-refractivity contribution is 0.159. The molecular weight excluding hydrogens is 262 g/mol. The van der Waals surface area contributed by atoms with Gasteiger partial charge in [-0.05, 0) is 25.3 Å². The van der Waals surface area contributed by atoms with E-state index in [1.807, 2.05) is 25.1 Å². The molecule has 1 aromatic rings. The van der Waals surface area contributed by atoms with Gasteiger partial charge in [-0.15, -0.1) is 0 Å². The summed E-state index contributed by atoms with van der Waals surface area (Å²) >= 11 is 0. The maximum Gasteiger partial charge on any atom is 0.154 e. The highest BCUT2D eigenvalue weighted by Crippen LogP contribution is 2.14. The molecular formula is C14H21NO3S. The van der Waals surface area contributed by atoms with E-state index < -0.39 is 15.9 Å². The van der Waals surface area contributed by atoms with E-state index in [4.69, 9.17) is 0 Å².